The molecule has 1 unspecified atom stereocenters. The van der Waals surface area contributed by atoms with Crippen molar-refractivity contribution in [2.24, 2.45) is 5.84 Å². The maximum Gasteiger partial charge on any atom is 0.145 e. The molecule has 0 aliphatic heterocycles. The normalized spacial score (nSPS) is 12.5. The van der Waals surface area contributed by atoms with Gasteiger partial charge in [0.1, 0.15) is 17.5 Å². The van der Waals surface area contributed by atoms with Gasteiger partial charge in [-0.05, 0) is 52.2 Å². The summed E-state index contributed by atoms with van der Waals surface area (Å²) >= 11 is 2.99. The monoisotopic (exact) mass is 344 g/mol. The predicted octanol–water partition coefficient (Wildman–Crippen LogP) is 3.73. The lowest BCUT2D eigenvalue weighted by Crippen LogP contribution is -2.30. The van der Waals surface area contributed by atoms with Crippen LogP contribution in [0.2, 0.25) is 0 Å². The lowest BCUT2D eigenvalue weighted by atomic mass is 9.97. The molecule has 6 heteroatoms. The molecule has 0 aromatic heterocycles. The molecule has 2 nitrogen and oxygen atoms in total. The van der Waals surface area contributed by atoms with Crippen LogP contribution in [0.1, 0.15) is 22.7 Å². The van der Waals surface area contributed by atoms with Crippen molar-refractivity contribution in [3.05, 3.63) is 68.9 Å². The Balaban J connectivity index is 2.58. The van der Waals surface area contributed by atoms with Crippen LogP contribution in [0.3, 0.4) is 0 Å². The van der Waals surface area contributed by atoms with Crippen LogP contribution >= 0.6 is 15.9 Å². The summed E-state index contributed by atoms with van der Waals surface area (Å²) in [5.74, 6) is 3.41. The van der Waals surface area contributed by atoms with Crippen LogP contribution in [-0.2, 0) is 0 Å². The molecule has 0 amide bonds. The van der Waals surface area contributed by atoms with Gasteiger partial charge >= 0.3 is 0 Å². The van der Waals surface area contributed by atoms with Crippen molar-refractivity contribution in [1.29, 1.82) is 0 Å². The summed E-state index contributed by atoms with van der Waals surface area (Å²) < 4.78 is 41.7. The first-order chi connectivity index (χ1) is 9.45. The van der Waals surface area contributed by atoms with E-state index in [9.17, 15) is 13.2 Å². The minimum atomic E-state index is -0.984. The molecule has 0 aliphatic carbocycles. The van der Waals surface area contributed by atoms with Crippen LogP contribution in [0.25, 0.3) is 0 Å². The molecule has 0 aliphatic rings. The van der Waals surface area contributed by atoms with Gasteiger partial charge in [-0.25, -0.2) is 18.6 Å². The number of halogens is 4. The first-order valence-corrected chi connectivity index (χ1v) is 6.60. The third-order valence-corrected chi connectivity index (χ3v) is 3.68. The molecule has 0 spiro atoms. The quantitative estimate of drug-likeness (QED) is 0.505. The standard InChI is InChI=1S/C14H12BrF3N2/c1-7-2-3-8(6-11(7)17)14(20-19)12-10(16)5-4-9(15)13(12)18/h2-6,14,20H,19H2,1H3. The average molecular weight is 345 g/mol. The maximum atomic E-state index is 14.1. The number of rotatable bonds is 3. The van der Waals surface area contributed by atoms with Gasteiger partial charge in [0.15, 0.2) is 0 Å². The van der Waals surface area contributed by atoms with Crippen LogP contribution in [0.5, 0.6) is 0 Å². The average Bonchev–Trinajstić information content (AvgIpc) is 2.42. The van der Waals surface area contributed by atoms with E-state index in [1.165, 1.54) is 18.2 Å². The minimum Gasteiger partial charge on any atom is -0.271 e. The summed E-state index contributed by atoms with van der Waals surface area (Å²) in [6, 6.07) is 5.71. The molecule has 106 valence electrons. The molecular formula is C14H12BrF3N2. The fourth-order valence-corrected chi connectivity index (χ4v) is 2.29. The number of nitrogens with two attached hydrogens (primary N) is 1. The molecule has 0 heterocycles. The fraction of sp³-hybridized carbons (Fsp3) is 0.143. The third kappa shape index (κ3) is 2.72. The second-order valence-electron chi connectivity index (χ2n) is 4.37. The Hall–Kier alpha value is -1.37. The van der Waals surface area contributed by atoms with E-state index in [-0.39, 0.29) is 10.0 Å². The van der Waals surface area contributed by atoms with E-state index in [4.69, 9.17) is 5.84 Å². The lowest BCUT2D eigenvalue weighted by molar-refractivity contribution is 0.505. The largest absolute Gasteiger partial charge is 0.271 e. The fourth-order valence-electron chi connectivity index (χ4n) is 1.94. The highest BCUT2D eigenvalue weighted by Gasteiger charge is 2.23. The molecule has 2 aromatic carbocycles. The molecule has 0 saturated heterocycles. The number of aryl methyl sites for hydroxylation is 1. The van der Waals surface area contributed by atoms with Gasteiger partial charge in [-0.2, -0.15) is 0 Å². The number of hydrazine groups is 1. The van der Waals surface area contributed by atoms with Crippen molar-refractivity contribution in [3.63, 3.8) is 0 Å². The van der Waals surface area contributed by atoms with Gasteiger partial charge in [0.25, 0.3) is 0 Å². The first kappa shape index (κ1) is 15.0. The highest BCUT2D eigenvalue weighted by atomic mass is 79.9. The van der Waals surface area contributed by atoms with E-state index in [0.717, 1.165) is 6.07 Å². The molecule has 0 bridgehead atoms. The van der Waals surface area contributed by atoms with Crippen molar-refractivity contribution in [2.75, 3.05) is 0 Å². The number of benzene rings is 2. The summed E-state index contributed by atoms with van der Waals surface area (Å²) in [7, 11) is 0. The van der Waals surface area contributed by atoms with E-state index >= 15 is 0 Å². The van der Waals surface area contributed by atoms with Crippen LogP contribution < -0.4 is 11.3 Å². The maximum absolute atomic E-state index is 14.1. The number of hydrogen-bond donors (Lipinski definition) is 2. The van der Waals surface area contributed by atoms with Gasteiger partial charge in [0, 0.05) is 5.56 Å². The molecule has 1 atom stereocenters. The number of hydrogen-bond acceptors (Lipinski definition) is 2. The Kier molecular flexibility index (Phi) is 4.47. The Morgan fingerprint density at radius 1 is 1.10 bits per heavy atom. The van der Waals surface area contributed by atoms with Crippen LogP contribution in [0, 0.1) is 24.4 Å². The van der Waals surface area contributed by atoms with E-state index in [2.05, 4.69) is 21.4 Å². The van der Waals surface area contributed by atoms with Crippen LogP contribution in [-0.4, -0.2) is 0 Å². The van der Waals surface area contributed by atoms with E-state index in [1.54, 1.807) is 13.0 Å². The van der Waals surface area contributed by atoms with Crippen molar-refractivity contribution >= 4 is 15.9 Å². The van der Waals surface area contributed by atoms with Gasteiger partial charge in [0.2, 0.25) is 0 Å². The lowest BCUT2D eigenvalue weighted by Gasteiger charge is -2.19. The highest BCUT2D eigenvalue weighted by Crippen LogP contribution is 2.30. The Morgan fingerprint density at radius 3 is 2.40 bits per heavy atom. The van der Waals surface area contributed by atoms with Crippen molar-refractivity contribution < 1.29 is 13.2 Å². The van der Waals surface area contributed by atoms with Gasteiger partial charge in [-0.15, -0.1) is 0 Å². The van der Waals surface area contributed by atoms with Crippen LogP contribution in [0.15, 0.2) is 34.8 Å². The zero-order valence-electron chi connectivity index (χ0n) is 10.6. The van der Waals surface area contributed by atoms with Crippen molar-refractivity contribution in [1.82, 2.24) is 5.43 Å². The van der Waals surface area contributed by atoms with Crippen molar-refractivity contribution in [3.8, 4) is 0 Å². The SMILES string of the molecule is Cc1ccc(C(NN)c2c(F)ccc(Br)c2F)cc1F. The molecule has 20 heavy (non-hydrogen) atoms. The van der Waals surface area contributed by atoms with E-state index in [0.29, 0.717) is 11.1 Å². The molecule has 2 aromatic rings. The Labute approximate surface area is 122 Å². The van der Waals surface area contributed by atoms with Gasteiger partial charge in [-0.1, -0.05) is 12.1 Å². The summed E-state index contributed by atoms with van der Waals surface area (Å²) in [6.45, 7) is 1.60. The zero-order chi connectivity index (χ0) is 14.9. The van der Waals surface area contributed by atoms with Gasteiger partial charge in [0.05, 0.1) is 10.5 Å². The number of nitrogens with one attached hydrogen (secondary N) is 1. The first-order valence-electron chi connectivity index (χ1n) is 5.81. The second kappa shape index (κ2) is 5.95. The van der Waals surface area contributed by atoms with Gasteiger partial charge < -0.3 is 0 Å². The summed E-state index contributed by atoms with van der Waals surface area (Å²) in [6.07, 6.45) is 0. The molecule has 0 fully saturated rings. The minimum absolute atomic E-state index is 0.113. The second-order valence-corrected chi connectivity index (χ2v) is 5.22. The summed E-state index contributed by atoms with van der Waals surface area (Å²) in [4.78, 5) is 0. The highest BCUT2D eigenvalue weighted by molar-refractivity contribution is 9.10. The third-order valence-electron chi connectivity index (χ3n) is 3.06. The summed E-state index contributed by atoms with van der Waals surface area (Å²) in [5, 5.41) is 0. The molecular weight excluding hydrogens is 333 g/mol. The predicted molar refractivity (Wildman–Crippen MR) is 74.4 cm³/mol. The summed E-state index contributed by atoms with van der Waals surface area (Å²) in [5.41, 5.74) is 2.85. The Morgan fingerprint density at radius 2 is 1.80 bits per heavy atom. The van der Waals surface area contributed by atoms with Crippen LogP contribution in [0.4, 0.5) is 13.2 Å². The van der Waals surface area contributed by atoms with Gasteiger partial charge in [-0.3, -0.25) is 5.84 Å². The zero-order valence-corrected chi connectivity index (χ0v) is 12.1. The molecule has 3 N–H and O–H groups in total. The molecule has 2 rings (SSSR count). The van der Waals surface area contributed by atoms with Crippen molar-refractivity contribution in [2.45, 2.75) is 13.0 Å². The topological polar surface area (TPSA) is 38.0 Å². The smallest absolute Gasteiger partial charge is 0.145 e. The van der Waals surface area contributed by atoms with E-state index in [1.807, 2.05) is 0 Å². The molecule has 0 radical (unpaired) electrons. The Bertz CT molecular complexity index is 647. The molecule has 0 saturated carbocycles. The van der Waals surface area contributed by atoms with E-state index < -0.39 is 23.5 Å².